The molecule has 1 unspecified atom stereocenters. The first-order chi connectivity index (χ1) is 12.9. The number of phenols is 1. The van der Waals surface area contributed by atoms with Crippen LogP contribution in [0.15, 0.2) is 35.6 Å². The molecule has 0 spiro atoms. The molecule has 2 aromatic rings. The molecule has 8 nitrogen and oxygen atoms in total. The quantitative estimate of drug-likeness (QED) is 0.249. The standard InChI is InChI=1S/C19H29N5O3.HI/c1-5-20-18(22-13-19(2,26)15-11-23-24(3)12-15)21-9-8-14-6-7-16(27-4)10-17(14)25;/h6-7,10-12,25-26H,5,8-9,13H2,1-4H3,(H2,20,21,22);1H. The third kappa shape index (κ3) is 6.86. The fourth-order valence-corrected chi connectivity index (χ4v) is 2.56. The lowest BCUT2D eigenvalue weighted by molar-refractivity contribution is 0.0672. The zero-order valence-corrected chi connectivity index (χ0v) is 19.1. The molecule has 0 saturated heterocycles. The fraction of sp³-hybridized carbons (Fsp3) is 0.474. The van der Waals surface area contributed by atoms with Gasteiger partial charge in [0, 0.05) is 38.0 Å². The Kier molecular flexibility index (Phi) is 9.53. The maximum absolute atomic E-state index is 10.6. The summed E-state index contributed by atoms with van der Waals surface area (Å²) >= 11 is 0. The Labute approximate surface area is 183 Å². The highest BCUT2D eigenvalue weighted by Crippen LogP contribution is 2.23. The van der Waals surface area contributed by atoms with Crippen molar-refractivity contribution in [2.75, 3.05) is 26.7 Å². The van der Waals surface area contributed by atoms with Crippen LogP contribution in [0.5, 0.6) is 11.5 Å². The Hall–Kier alpha value is -2.01. The van der Waals surface area contributed by atoms with Gasteiger partial charge >= 0.3 is 0 Å². The van der Waals surface area contributed by atoms with Crippen molar-refractivity contribution >= 4 is 29.9 Å². The second-order valence-electron chi connectivity index (χ2n) is 6.54. The summed E-state index contributed by atoms with van der Waals surface area (Å²) in [6.07, 6.45) is 4.05. The van der Waals surface area contributed by atoms with Crippen molar-refractivity contribution in [3.05, 3.63) is 41.7 Å². The minimum atomic E-state index is -1.11. The molecule has 4 N–H and O–H groups in total. The van der Waals surface area contributed by atoms with Crippen LogP contribution in [-0.4, -0.2) is 52.7 Å². The maximum Gasteiger partial charge on any atom is 0.191 e. The summed E-state index contributed by atoms with van der Waals surface area (Å²) in [4.78, 5) is 4.48. The van der Waals surface area contributed by atoms with Crippen LogP contribution >= 0.6 is 24.0 Å². The number of hydrogen-bond acceptors (Lipinski definition) is 5. The van der Waals surface area contributed by atoms with E-state index >= 15 is 0 Å². The second-order valence-corrected chi connectivity index (χ2v) is 6.54. The molecule has 1 aromatic carbocycles. The van der Waals surface area contributed by atoms with Crippen LogP contribution in [0.4, 0.5) is 0 Å². The van der Waals surface area contributed by atoms with E-state index in [1.54, 1.807) is 37.2 Å². The van der Waals surface area contributed by atoms with Gasteiger partial charge in [0.15, 0.2) is 5.96 Å². The Morgan fingerprint density at radius 3 is 2.68 bits per heavy atom. The van der Waals surface area contributed by atoms with E-state index in [0.717, 1.165) is 5.56 Å². The summed E-state index contributed by atoms with van der Waals surface area (Å²) in [5.41, 5.74) is 0.430. The molecule has 0 bridgehead atoms. The van der Waals surface area contributed by atoms with E-state index in [1.165, 1.54) is 0 Å². The van der Waals surface area contributed by atoms with E-state index in [1.807, 2.05) is 26.1 Å². The molecule has 1 aromatic heterocycles. The lowest BCUT2D eigenvalue weighted by atomic mass is 10.0. The highest BCUT2D eigenvalue weighted by atomic mass is 127. The number of halogens is 1. The number of rotatable bonds is 8. The SMILES string of the molecule is CCNC(=NCC(C)(O)c1cnn(C)c1)NCCc1ccc(OC)cc1O.I. The third-order valence-electron chi connectivity index (χ3n) is 4.20. The number of nitrogens with one attached hydrogen (secondary N) is 2. The zero-order valence-electron chi connectivity index (χ0n) is 16.8. The summed E-state index contributed by atoms with van der Waals surface area (Å²) in [5.74, 6) is 1.43. The van der Waals surface area contributed by atoms with Gasteiger partial charge in [0.25, 0.3) is 0 Å². The van der Waals surface area contributed by atoms with Crippen molar-refractivity contribution in [1.29, 1.82) is 0 Å². The van der Waals surface area contributed by atoms with E-state index in [0.29, 0.717) is 36.8 Å². The molecule has 2 rings (SSSR count). The maximum atomic E-state index is 10.6. The summed E-state index contributed by atoms with van der Waals surface area (Å²) < 4.78 is 6.74. The van der Waals surface area contributed by atoms with Crippen LogP contribution in [0.25, 0.3) is 0 Å². The monoisotopic (exact) mass is 503 g/mol. The lowest BCUT2D eigenvalue weighted by Gasteiger charge is -2.20. The third-order valence-corrected chi connectivity index (χ3v) is 4.20. The van der Waals surface area contributed by atoms with Gasteiger partial charge in [-0.3, -0.25) is 4.68 Å². The van der Waals surface area contributed by atoms with Crippen molar-refractivity contribution in [1.82, 2.24) is 20.4 Å². The number of aromatic hydroxyl groups is 1. The number of phenolic OH excluding ortho intramolecular Hbond substituents is 1. The van der Waals surface area contributed by atoms with Crippen LogP contribution in [0.1, 0.15) is 25.0 Å². The molecule has 0 aliphatic heterocycles. The molecular formula is C19H30IN5O3. The van der Waals surface area contributed by atoms with Gasteiger partial charge in [0.1, 0.15) is 17.1 Å². The molecule has 1 heterocycles. The van der Waals surface area contributed by atoms with Gasteiger partial charge in [-0.25, -0.2) is 4.99 Å². The van der Waals surface area contributed by atoms with E-state index in [4.69, 9.17) is 4.74 Å². The van der Waals surface area contributed by atoms with Gasteiger partial charge < -0.3 is 25.6 Å². The number of ether oxygens (including phenoxy) is 1. The number of methoxy groups -OCH3 is 1. The molecular weight excluding hydrogens is 473 g/mol. The van der Waals surface area contributed by atoms with Crippen LogP contribution in [0.2, 0.25) is 0 Å². The van der Waals surface area contributed by atoms with Crippen molar-refractivity contribution in [2.45, 2.75) is 25.9 Å². The summed E-state index contributed by atoms with van der Waals surface area (Å²) in [7, 11) is 3.37. The average molecular weight is 503 g/mol. The van der Waals surface area contributed by atoms with E-state index in [-0.39, 0.29) is 36.3 Å². The predicted molar refractivity (Wildman–Crippen MR) is 121 cm³/mol. The van der Waals surface area contributed by atoms with Gasteiger partial charge in [-0.15, -0.1) is 24.0 Å². The average Bonchev–Trinajstić information content (AvgIpc) is 3.08. The molecule has 1 atom stereocenters. The zero-order chi connectivity index (χ0) is 19.9. The van der Waals surface area contributed by atoms with E-state index in [9.17, 15) is 10.2 Å². The van der Waals surface area contributed by atoms with Crippen molar-refractivity contribution in [3.63, 3.8) is 0 Å². The first-order valence-electron chi connectivity index (χ1n) is 8.95. The highest BCUT2D eigenvalue weighted by Gasteiger charge is 2.24. The number of guanidine groups is 1. The van der Waals surface area contributed by atoms with Crippen LogP contribution < -0.4 is 15.4 Å². The molecule has 0 aliphatic rings. The second kappa shape index (κ2) is 11.1. The topological polar surface area (TPSA) is 104 Å². The minimum absolute atomic E-state index is 0. The van der Waals surface area contributed by atoms with Gasteiger partial charge in [0.05, 0.1) is 19.9 Å². The van der Waals surface area contributed by atoms with Gasteiger partial charge in [-0.1, -0.05) is 6.07 Å². The molecule has 0 radical (unpaired) electrons. The van der Waals surface area contributed by atoms with Crippen LogP contribution in [-0.2, 0) is 19.1 Å². The Morgan fingerprint density at radius 1 is 1.36 bits per heavy atom. The number of aliphatic hydroxyl groups is 1. The van der Waals surface area contributed by atoms with Crippen LogP contribution in [0.3, 0.4) is 0 Å². The van der Waals surface area contributed by atoms with Gasteiger partial charge in [-0.05, 0) is 31.9 Å². The molecule has 156 valence electrons. The normalized spacial score (nSPS) is 13.4. The van der Waals surface area contributed by atoms with Crippen LogP contribution in [0, 0.1) is 0 Å². The lowest BCUT2D eigenvalue weighted by Crippen LogP contribution is -2.39. The first-order valence-corrected chi connectivity index (χ1v) is 8.95. The first kappa shape index (κ1) is 24.0. The molecule has 0 fully saturated rings. The highest BCUT2D eigenvalue weighted by molar-refractivity contribution is 14.0. The number of aromatic nitrogens is 2. The predicted octanol–water partition coefficient (Wildman–Crippen LogP) is 1.76. The molecule has 0 amide bonds. The van der Waals surface area contributed by atoms with E-state index in [2.05, 4.69) is 20.7 Å². The molecule has 28 heavy (non-hydrogen) atoms. The number of hydrogen-bond donors (Lipinski definition) is 4. The fourth-order valence-electron chi connectivity index (χ4n) is 2.56. The molecule has 0 saturated carbocycles. The largest absolute Gasteiger partial charge is 0.508 e. The molecule has 9 heteroatoms. The number of aliphatic imine (C=N–C) groups is 1. The number of aryl methyl sites for hydroxylation is 1. The number of benzene rings is 1. The summed E-state index contributed by atoms with van der Waals surface area (Å²) in [5, 5.41) is 31.1. The number of nitrogens with zero attached hydrogens (tertiary/aromatic N) is 3. The van der Waals surface area contributed by atoms with Gasteiger partial charge in [-0.2, -0.15) is 5.10 Å². The van der Waals surface area contributed by atoms with Gasteiger partial charge in [0.2, 0.25) is 0 Å². The Balaban J connectivity index is 0.00000392. The minimum Gasteiger partial charge on any atom is -0.508 e. The van der Waals surface area contributed by atoms with Crippen molar-refractivity contribution in [2.24, 2.45) is 12.0 Å². The Morgan fingerprint density at radius 2 is 2.11 bits per heavy atom. The van der Waals surface area contributed by atoms with E-state index < -0.39 is 5.60 Å². The summed E-state index contributed by atoms with van der Waals surface area (Å²) in [6.45, 7) is 5.18. The molecule has 0 aliphatic carbocycles. The van der Waals surface area contributed by atoms with Crippen molar-refractivity contribution in [3.8, 4) is 11.5 Å². The summed E-state index contributed by atoms with van der Waals surface area (Å²) in [6, 6.07) is 5.26. The van der Waals surface area contributed by atoms with Crippen molar-refractivity contribution < 1.29 is 14.9 Å². The smallest absolute Gasteiger partial charge is 0.191 e. The Bertz CT molecular complexity index is 777.